The predicted molar refractivity (Wildman–Crippen MR) is 105 cm³/mol. The first-order valence-corrected chi connectivity index (χ1v) is 9.76. The van der Waals surface area contributed by atoms with E-state index >= 15 is 0 Å². The number of carbonyl (C=O) groups is 2. The molecule has 10 heteroatoms. The van der Waals surface area contributed by atoms with Gasteiger partial charge in [-0.15, -0.1) is 0 Å². The second-order valence-corrected chi connectivity index (χ2v) is 7.85. The van der Waals surface area contributed by atoms with Crippen molar-refractivity contribution in [1.29, 1.82) is 0 Å². The molecule has 1 aliphatic carbocycles. The number of rotatable bonds is 5. The van der Waals surface area contributed by atoms with Crippen LogP contribution >= 0.6 is 0 Å². The first-order valence-electron chi connectivity index (χ1n) is 9.76. The second-order valence-electron chi connectivity index (χ2n) is 7.85. The molecule has 1 saturated carbocycles. The van der Waals surface area contributed by atoms with E-state index in [4.69, 9.17) is 4.74 Å². The zero-order valence-electron chi connectivity index (χ0n) is 17.2. The number of aromatic nitrogens is 4. The first-order chi connectivity index (χ1) is 13.7. The molecule has 1 fully saturated rings. The summed E-state index contributed by atoms with van der Waals surface area (Å²) >= 11 is 0. The molecule has 0 radical (unpaired) electrons. The van der Waals surface area contributed by atoms with E-state index in [0.29, 0.717) is 11.8 Å². The summed E-state index contributed by atoms with van der Waals surface area (Å²) in [6.45, 7) is 3.64. The van der Waals surface area contributed by atoms with Crippen LogP contribution in [0.3, 0.4) is 0 Å². The van der Waals surface area contributed by atoms with Crippen LogP contribution in [0.4, 0.5) is 0 Å². The Hall–Kier alpha value is -2.91. The van der Waals surface area contributed by atoms with Crippen molar-refractivity contribution in [2.75, 3.05) is 6.61 Å². The molecule has 10 nitrogen and oxygen atoms in total. The maximum Gasteiger partial charge on any atom is 0.332 e. The Labute approximate surface area is 167 Å². The molecule has 0 aliphatic heterocycles. The summed E-state index contributed by atoms with van der Waals surface area (Å²) in [7, 11) is 2.86. The van der Waals surface area contributed by atoms with Crippen LogP contribution in [0.15, 0.2) is 15.9 Å². The molecule has 1 aliphatic rings. The minimum Gasteiger partial charge on any atom is -0.454 e. The Bertz CT molecular complexity index is 1050. The van der Waals surface area contributed by atoms with E-state index in [2.05, 4.69) is 24.1 Å². The molecular weight excluding hydrogens is 378 g/mol. The van der Waals surface area contributed by atoms with Crippen LogP contribution in [0.2, 0.25) is 0 Å². The van der Waals surface area contributed by atoms with Gasteiger partial charge in [-0.25, -0.2) is 9.78 Å². The van der Waals surface area contributed by atoms with Gasteiger partial charge in [-0.3, -0.25) is 23.5 Å². The molecule has 2 heterocycles. The van der Waals surface area contributed by atoms with Crippen LogP contribution in [-0.2, 0) is 35.0 Å². The van der Waals surface area contributed by atoms with Crippen molar-refractivity contribution >= 4 is 23.0 Å². The quantitative estimate of drug-likeness (QED) is 0.695. The van der Waals surface area contributed by atoms with Gasteiger partial charge in [-0.1, -0.05) is 26.7 Å². The van der Waals surface area contributed by atoms with Crippen molar-refractivity contribution in [2.24, 2.45) is 25.9 Å². The fourth-order valence-electron chi connectivity index (χ4n) is 3.88. The van der Waals surface area contributed by atoms with Gasteiger partial charge in [0.1, 0.15) is 6.54 Å². The van der Waals surface area contributed by atoms with Gasteiger partial charge in [-0.05, 0) is 18.3 Å². The average Bonchev–Trinajstić information content (AvgIpc) is 3.10. The van der Waals surface area contributed by atoms with Gasteiger partial charge in [0.2, 0.25) is 0 Å². The van der Waals surface area contributed by atoms with Gasteiger partial charge in [0.25, 0.3) is 11.5 Å². The van der Waals surface area contributed by atoms with Gasteiger partial charge in [0.15, 0.2) is 17.8 Å². The highest BCUT2D eigenvalue weighted by Gasteiger charge is 2.28. The molecule has 0 aromatic carbocycles. The molecule has 2 aromatic rings. The highest BCUT2D eigenvalue weighted by Crippen LogP contribution is 2.29. The number of imidazole rings is 1. The van der Waals surface area contributed by atoms with Crippen molar-refractivity contribution in [2.45, 2.75) is 45.7 Å². The minimum atomic E-state index is -0.666. The standard InChI is InChI=1S/C19H27N5O5/c1-11-6-5-7-13(12(11)2)21-14(25)9-29-15(26)8-24-10-20-17-16(24)18(27)23(4)19(28)22(17)3/h10-13H,5-9H2,1-4H3,(H,21,25). The summed E-state index contributed by atoms with van der Waals surface area (Å²) in [6.07, 6.45) is 4.46. The van der Waals surface area contributed by atoms with Crippen molar-refractivity contribution in [3.05, 3.63) is 27.2 Å². The zero-order chi connectivity index (χ0) is 21.3. The van der Waals surface area contributed by atoms with E-state index in [1.54, 1.807) is 0 Å². The van der Waals surface area contributed by atoms with Gasteiger partial charge in [0.05, 0.1) is 6.33 Å². The van der Waals surface area contributed by atoms with Crippen LogP contribution in [-0.4, -0.2) is 43.2 Å². The smallest absolute Gasteiger partial charge is 0.332 e. The number of aryl methyl sites for hydroxylation is 1. The third-order valence-electron chi connectivity index (χ3n) is 5.93. The average molecular weight is 405 g/mol. The summed E-state index contributed by atoms with van der Waals surface area (Å²) < 4.78 is 8.58. The number of esters is 1. The highest BCUT2D eigenvalue weighted by atomic mass is 16.5. The lowest BCUT2D eigenvalue weighted by atomic mass is 9.78. The molecule has 3 atom stereocenters. The second kappa shape index (κ2) is 8.22. The monoisotopic (exact) mass is 405 g/mol. The van der Waals surface area contributed by atoms with Crippen molar-refractivity contribution < 1.29 is 14.3 Å². The molecule has 158 valence electrons. The lowest BCUT2D eigenvalue weighted by molar-refractivity contribution is -0.149. The van der Waals surface area contributed by atoms with Gasteiger partial charge in [-0.2, -0.15) is 0 Å². The SMILES string of the molecule is CC1CCCC(NC(=O)COC(=O)Cn2cnc3c2c(=O)n(C)c(=O)n3C)C1C. The highest BCUT2D eigenvalue weighted by molar-refractivity contribution is 5.81. The largest absolute Gasteiger partial charge is 0.454 e. The first kappa shape index (κ1) is 20.8. The van der Waals surface area contributed by atoms with Gasteiger partial charge in [0, 0.05) is 20.1 Å². The summed E-state index contributed by atoms with van der Waals surface area (Å²) in [4.78, 5) is 52.7. The van der Waals surface area contributed by atoms with Crippen molar-refractivity contribution in [3.8, 4) is 0 Å². The van der Waals surface area contributed by atoms with Gasteiger partial charge < -0.3 is 14.6 Å². The van der Waals surface area contributed by atoms with E-state index in [9.17, 15) is 19.2 Å². The maximum atomic E-state index is 12.4. The lowest BCUT2D eigenvalue weighted by Crippen LogP contribution is -2.45. The van der Waals surface area contributed by atoms with Crippen LogP contribution in [0.5, 0.6) is 0 Å². The van der Waals surface area contributed by atoms with E-state index in [-0.39, 0.29) is 36.3 Å². The summed E-state index contributed by atoms with van der Waals surface area (Å²) in [6, 6.07) is 0.0897. The summed E-state index contributed by atoms with van der Waals surface area (Å²) in [5.74, 6) is -0.0770. The number of fused-ring (bicyclic) bond motifs is 1. The molecule has 1 N–H and O–H groups in total. The molecule has 3 unspecified atom stereocenters. The maximum absolute atomic E-state index is 12.4. The Balaban J connectivity index is 1.62. The minimum absolute atomic E-state index is 0.0897. The number of nitrogens with one attached hydrogen (secondary N) is 1. The van der Waals surface area contributed by atoms with Crippen LogP contribution in [0.1, 0.15) is 33.1 Å². The number of carbonyl (C=O) groups excluding carboxylic acids is 2. The number of nitrogens with zero attached hydrogens (tertiary/aromatic N) is 4. The molecule has 1 amide bonds. The van der Waals surface area contributed by atoms with E-state index in [1.807, 2.05) is 0 Å². The van der Waals surface area contributed by atoms with Crippen molar-refractivity contribution in [1.82, 2.24) is 24.0 Å². The van der Waals surface area contributed by atoms with E-state index < -0.39 is 17.2 Å². The van der Waals surface area contributed by atoms with Crippen LogP contribution in [0, 0.1) is 11.8 Å². The van der Waals surface area contributed by atoms with E-state index in [1.165, 1.54) is 29.6 Å². The molecule has 3 rings (SSSR count). The van der Waals surface area contributed by atoms with E-state index in [0.717, 1.165) is 23.8 Å². The molecule has 0 saturated heterocycles. The number of amides is 1. The van der Waals surface area contributed by atoms with Crippen LogP contribution < -0.4 is 16.6 Å². The summed E-state index contributed by atoms with van der Waals surface area (Å²) in [5.41, 5.74) is -0.741. The third-order valence-corrected chi connectivity index (χ3v) is 5.93. The number of hydrogen-bond donors (Lipinski definition) is 1. The molecule has 0 bridgehead atoms. The Morgan fingerprint density at radius 3 is 2.66 bits per heavy atom. The zero-order valence-corrected chi connectivity index (χ0v) is 17.2. The summed E-state index contributed by atoms with van der Waals surface area (Å²) in [5, 5.41) is 2.95. The predicted octanol–water partition coefficient (Wildman–Crippen LogP) is -0.0822. The molecule has 29 heavy (non-hydrogen) atoms. The molecule has 0 spiro atoms. The Morgan fingerprint density at radius 2 is 1.93 bits per heavy atom. The fourth-order valence-corrected chi connectivity index (χ4v) is 3.88. The third kappa shape index (κ3) is 4.10. The van der Waals surface area contributed by atoms with Gasteiger partial charge >= 0.3 is 11.7 Å². The number of hydrogen-bond acceptors (Lipinski definition) is 6. The topological polar surface area (TPSA) is 117 Å². The molecular formula is C19H27N5O5. The Kier molecular flexibility index (Phi) is 5.90. The van der Waals surface area contributed by atoms with Crippen LogP contribution in [0.25, 0.3) is 11.2 Å². The lowest BCUT2D eigenvalue weighted by Gasteiger charge is -2.34. The normalized spacial score (nSPS) is 21.9. The molecule has 2 aromatic heterocycles. The van der Waals surface area contributed by atoms with Crippen molar-refractivity contribution in [3.63, 3.8) is 0 Å². The Morgan fingerprint density at radius 1 is 1.21 bits per heavy atom. The fraction of sp³-hybridized carbons (Fsp3) is 0.632. The number of ether oxygens (including phenoxy) is 1.